The highest BCUT2D eigenvalue weighted by Crippen LogP contribution is 2.18. The maximum absolute atomic E-state index is 11.8. The molecule has 0 aromatic carbocycles. The number of nitrogens with one attached hydrogen (secondary N) is 1. The molecule has 19 heavy (non-hydrogen) atoms. The molecular weight excluding hydrogens is 242 g/mol. The van der Waals surface area contributed by atoms with Gasteiger partial charge in [-0.25, -0.2) is 0 Å². The van der Waals surface area contributed by atoms with Gasteiger partial charge in [-0.1, -0.05) is 0 Å². The summed E-state index contributed by atoms with van der Waals surface area (Å²) >= 11 is 0. The Morgan fingerprint density at radius 2 is 2.26 bits per heavy atom. The number of ether oxygens (including phenoxy) is 1. The lowest BCUT2D eigenvalue weighted by Crippen LogP contribution is -2.38. The molecule has 102 valence electrons. The van der Waals surface area contributed by atoms with Crippen LogP contribution in [0, 0.1) is 0 Å². The van der Waals surface area contributed by atoms with Gasteiger partial charge in [-0.3, -0.25) is 9.78 Å². The summed E-state index contributed by atoms with van der Waals surface area (Å²) in [6.07, 6.45) is 5.77. The molecule has 3 N–H and O–H groups in total. The second-order valence-corrected chi connectivity index (χ2v) is 5.58. The number of H-pyrrole nitrogens is 1. The summed E-state index contributed by atoms with van der Waals surface area (Å²) in [6, 6.07) is 1.22. The molecule has 5 nitrogen and oxygen atoms in total. The van der Waals surface area contributed by atoms with Crippen molar-refractivity contribution in [3.05, 3.63) is 30.2 Å². The minimum Gasteiger partial charge on any atom is -0.459 e. The van der Waals surface area contributed by atoms with Crippen LogP contribution in [0.3, 0.4) is 0 Å². The van der Waals surface area contributed by atoms with Crippen molar-refractivity contribution in [2.75, 3.05) is 0 Å². The fraction of sp³-hybridized carbons (Fsp3) is 0.429. The highest BCUT2D eigenvalue weighted by Gasteiger charge is 2.23. The van der Waals surface area contributed by atoms with Crippen molar-refractivity contribution in [2.45, 2.75) is 38.8 Å². The van der Waals surface area contributed by atoms with Crippen LogP contribution in [-0.2, 0) is 16.0 Å². The van der Waals surface area contributed by atoms with Crippen LogP contribution < -0.4 is 5.73 Å². The Morgan fingerprint density at radius 1 is 1.53 bits per heavy atom. The van der Waals surface area contributed by atoms with E-state index in [1.54, 1.807) is 12.4 Å². The summed E-state index contributed by atoms with van der Waals surface area (Å²) in [4.78, 5) is 19.1. The Balaban J connectivity index is 2.10. The quantitative estimate of drug-likeness (QED) is 0.825. The molecule has 0 radical (unpaired) electrons. The number of nitrogens with two attached hydrogens (primary N) is 1. The van der Waals surface area contributed by atoms with E-state index in [9.17, 15) is 4.79 Å². The molecule has 2 rings (SSSR count). The zero-order chi connectivity index (χ0) is 14.0. The van der Waals surface area contributed by atoms with Gasteiger partial charge in [0, 0.05) is 35.9 Å². The predicted octanol–water partition coefficient (Wildman–Crippen LogP) is 1.77. The van der Waals surface area contributed by atoms with E-state index in [0.717, 1.165) is 16.5 Å². The van der Waals surface area contributed by atoms with Gasteiger partial charge in [-0.2, -0.15) is 0 Å². The monoisotopic (exact) mass is 261 g/mol. The topological polar surface area (TPSA) is 81.0 Å². The zero-order valence-corrected chi connectivity index (χ0v) is 11.4. The molecule has 0 saturated heterocycles. The first-order chi connectivity index (χ1) is 8.87. The van der Waals surface area contributed by atoms with Crippen LogP contribution in [0.15, 0.2) is 24.7 Å². The van der Waals surface area contributed by atoms with Crippen molar-refractivity contribution in [2.24, 2.45) is 5.73 Å². The summed E-state index contributed by atoms with van der Waals surface area (Å²) < 4.78 is 5.27. The Morgan fingerprint density at radius 3 is 2.95 bits per heavy atom. The number of hydrogen-bond donors (Lipinski definition) is 2. The molecular formula is C14H19N3O2. The van der Waals surface area contributed by atoms with Crippen molar-refractivity contribution in [1.29, 1.82) is 0 Å². The highest BCUT2D eigenvalue weighted by molar-refractivity contribution is 5.83. The lowest BCUT2D eigenvalue weighted by atomic mass is 10.1. The van der Waals surface area contributed by atoms with E-state index in [4.69, 9.17) is 10.5 Å². The fourth-order valence-electron chi connectivity index (χ4n) is 1.89. The minimum atomic E-state index is -0.668. The van der Waals surface area contributed by atoms with E-state index in [1.165, 1.54) is 0 Å². The largest absolute Gasteiger partial charge is 0.459 e. The van der Waals surface area contributed by atoms with Gasteiger partial charge in [0.05, 0.1) is 0 Å². The van der Waals surface area contributed by atoms with Crippen LogP contribution >= 0.6 is 0 Å². The molecule has 1 atom stereocenters. The number of rotatable bonds is 3. The molecule has 2 aromatic rings. The first-order valence-corrected chi connectivity index (χ1v) is 6.25. The minimum absolute atomic E-state index is 0.384. The maximum atomic E-state index is 11.8. The first-order valence-electron chi connectivity index (χ1n) is 6.25. The van der Waals surface area contributed by atoms with Gasteiger partial charge >= 0.3 is 5.97 Å². The van der Waals surface area contributed by atoms with Crippen LogP contribution in [0.4, 0.5) is 0 Å². The average molecular weight is 261 g/mol. The molecule has 0 saturated carbocycles. The first kappa shape index (κ1) is 13.5. The molecule has 0 fully saturated rings. The van der Waals surface area contributed by atoms with Crippen molar-refractivity contribution in [3.8, 4) is 0 Å². The van der Waals surface area contributed by atoms with E-state index in [0.29, 0.717) is 6.42 Å². The van der Waals surface area contributed by atoms with Gasteiger partial charge in [0.2, 0.25) is 0 Å². The highest BCUT2D eigenvalue weighted by atomic mass is 16.6. The Kier molecular flexibility index (Phi) is 3.57. The number of carbonyl (C=O) groups is 1. The molecule has 2 heterocycles. The van der Waals surface area contributed by atoms with Gasteiger partial charge in [-0.15, -0.1) is 0 Å². The normalized spacial score (nSPS) is 13.5. The van der Waals surface area contributed by atoms with Crippen LogP contribution in [-0.4, -0.2) is 27.6 Å². The summed E-state index contributed by atoms with van der Waals surface area (Å²) in [7, 11) is 0. The fourth-order valence-corrected chi connectivity index (χ4v) is 1.89. The van der Waals surface area contributed by atoms with Gasteiger partial charge in [0.1, 0.15) is 11.6 Å². The van der Waals surface area contributed by atoms with Crippen LogP contribution in [0.5, 0.6) is 0 Å². The number of pyridine rings is 1. The Hall–Kier alpha value is -1.88. The van der Waals surface area contributed by atoms with Crippen LogP contribution in [0.2, 0.25) is 0 Å². The van der Waals surface area contributed by atoms with Gasteiger partial charge in [0.15, 0.2) is 0 Å². The summed E-state index contributed by atoms with van der Waals surface area (Å²) in [5, 5.41) is 0.988. The van der Waals surface area contributed by atoms with Crippen molar-refractivity contribution >= 4 is 16.9 Å². The van der Waals surface area contributed by atoms with E-state index in [2.05, 4.69) is 9.97 Å². The maximum Gasteiger partial charge on any atom is 0.323 e. The van der Waals surface area contributed by atoms with E-state index in [1.807, 2.05) is 33.0 Å². The summed E-state index contributed by atoms with van der Waals surface area (Å²) in [5.74, 6) is -0.384. The summed E-state index contributed by atoms with van der Waals surface area (Å²) in [5.41, 5.74) is 7.34. The molecule has 0 aliphatic carbocycles. The van der Waals surface area contributed by atoms with Crippen LogP contribution in [0.25, 0.3) is 10.9 Å². The van der Waals surface area contributed by atoms with E-state index in [-0.39, 0.29) is 5.97 Å². The molecule has 0 bridgehead atoms. The number of esters is 1. The lowest BCUT2D eigenvalue weighted by molar-refractivity contribution is -0.156. The molecule has 2 aromatic heterocycles. The van der Waals surface area contributed by atoms with Gasteiger partial charge in [0.25, 0.3) is 0 Å². The number of hydrogen-bond acceptors (Lipinski definition) is 4. The molecule has 5 heteroatoms. The molecule has 0 amide bonds. The third-order valence-corrected chi connectivity index (χ3v) is 2.72. The van der Waals surface area contributed by atoms with Crippen LogP contribution in [0.1, 0.15) is 26.3 Å². The molecule has 0 unspecified atom stereocenters. The third-order valence-electron chi connectivity index (χ3n) is 2.72. The number of fused-ring (bicyclic) bond motifs is 1. The average Bonchev–Trinajstić information content (AvgIpc) is 2.70. The lowest BCUT2D eigenvalue weighted by Gasteiger charge is -2.22. The van der Waals surface area contributed by atoms with E-state index >= 15 is 0 Å². The second kappa shape index (κ2) is 5.01. The van der Waals surface area contributed by atoms with Gasteiger partial charge < -0.3 is 15.5 Å². The number of aromatic amines is 1. The Bertz CT molecular complexity index is 584. The number of aromatic nitrogens is 2. The van der Waals surface area contributed by atoms with Crippen molar-refractivity contribution in [3.63, 3.8) is 0 Å². The SMILES string of the molecule is CC(C)(C)OC(=O)[C@H](N)Cc1c[nH]c2ccncc12. The third kappa shape index (κ3) is 3.32. The summed E-state index contributed by atoms with van der Waals surface area (Å²) in [6.45, 7) is 5.48. The number of nitrogens with zero attached hydrogens (tertiary/aromatic N) is 1. The number of carbonyl (C=O) groups excluding carboxylic acids is 1. The van der Waals surface area contributed by atoms with Crippen molar-refractivity contribution in [1.82, 2.24) is 9.97 Å². The smallest absolute Gasteiger partial charge is 0.323 e. The molecule has 0 aliphatic rings. The zero-order valence-electron chi connectivity index (χ0n) is 11.4. The Labute approximate surface area is 112 Å². The van der Waals surface area contributed by atoms with Gasteiger partial charge in [-0.05, 0) is 32.4 Å². The molecule has 0 spiro atoms. The molecule has 0 aliphatic heterocycles. The predicted molar refractivity (Wildman–Crippen MR) is 73.6 cm³/mol. The standard InChI is InChI=1S/C14H19N3O2/c1-14(2,3)19-13(18)11(15)6-9-7-17-12-4-5-16-8-10(9)12/h4-5,7-8,11,17H,6,15H2,1-3H3/t11-/m1/s1. The van der Waals surface area contributed by atoms with E-state index < -0.39 is 11.6 Å². The van der Waals surface area contributed by atoms with Crippen molar-refractivity contribution < 1.29 is 9.53 Å². The second-order valence-electron chi connectivity index (χ2n) is 5.58.